The van der Waals surface area contributed by atoms with E-state index in [0.717, 1.165) is 0 Å². The van der Waals surface area contributed by atoms with Crippen LogP contribution in [0.25, 0.3) is 0 Å². The van der Waals surface area contributed by atoms with E-state index in [1.165, 1.54) is 18.3 Å². The van der Waals surface area contributed by atoms with E-state index in [0.29, 0.717) is 16.3 Å². The SMILES string of the molecule is CC(C)[C@H](NC(=O)Nc1ccccc1)C(=O)O[C@H](C)C(=O)Nc1sccc1C#N. The molecule has 2 aromatic rings. The number of carbonyl (C=O) groups is 3. The Bertz CT molecular complexity index is 905. The number of hydrogen-bond donors (Lipinski definition) is 3. The van der Waals surface area contributed by atoms with E-state index < -0.39 is 30.1 Å². The lowest BCUT2D eigenvalue weighted by Gasteiger charge is -2.23. The molecule has 0 aliphatic carbocycles. The maximum absolute atomic E-state index is 12.5. The number of thiophene rings is 1. The highest BCUT2D eigenvalue weighted by atomic mass is 32.1. The Morgan fingerprint density at radius 3 is 2.38 bits per heavy atom. The first-order chi connectivity index (χ1) is 13.8. The molecule has 0 unspecified atom stereocenters. The minimum Gasteiger partial charge on any atom is -0.451 e. The lowest BCUT2D eigenvalue weighted by molar-refractivity contribution is -0.156. The standard InChI is InChI=1S/C20H22N4O4S/c1-12(2)16(23-20(27)22-15-7-5-4-6-8-15)19(26)28-13(3)17(25)24-18-14(11-21)9-10-29-18/h4-10,12-13,16H,1-3H3,(H,24,25)(H2,22,23,27)/t13-,16+/m1/s1. The molecule has 0 fully saturated rings. The van der Waals surface area contributed by atoms with Gasteiger partial charge in [0.2, 0.25) is 0 Å². The molecule has 8 nitrogen and oxygen atoms in total. The van der Waals surface area contributed by atoms with Crippen molar-refractivity contribution in [2.24, 2.45) is 5.92 Å². The molecule has 0 saturated heterocycles. The topological polar surface area (TPSA) is 120 Å². The third-order valence-electron chi connectivity index (χ3n) is 3.92. The van der Waals surface area contributed by atoms with E-state index in [1.807, 2.05) is 12.1 Å². The summed E-state index contributed by atoms with van der Waals surface area (Å²) in [7, 11) is 0. The Morgan fingerprint density at radius 2 is 1.76 bits per heavy atom. The van der Waals surface area contributed by atoms with Crippen LogP contribution in [0.3, 0.4) is 0 Å². The van der Waals surface area contributed by atoms with Crippen LogP contribution in [-0.4, -0.2) is 30.1 Å². The van der Waals surface area contributed by atoms with E-state index in [2.05, 4.69) is 16.0 Å². The van der Waals surface area contributed by atoms with Crippen LogP contribution in [-0.2, 0) is 14.3 Å². The van der Waals surface area contributed by atoms with Gasteiger partial charge in [0, 0.05) is 5.69 Å². The zero-order valence-corrected chi connectivity index (χ0v) is 17.1. The molecule has 2 rings (SSSR count). The van der Waals surface area contributed by atoms with Gasteiger partial charge in [0.05, 0.1) is 5.56 Å². The fourth-order valence-electron chi connectivity index (χ4n) is 2.34. The highest BCUT2D eigenvalue weighted by Gasteiger charge is 2.29. The number of urea groups is 1. The summed E-state index contributed by atoms with van der Waals surface area (Å²) in [6.45, 7) is 4.93. The van der Waals surface area contributed by atoms with Gasteiger partial charge in [-0.3, -0.25) is 4.79 Å². The van der Waals surface area contributed by atoms with Gasteiger partial charge < -0.3 is 20.7 Å². The Hall–Kier alpha value is -3.38. The molecule has 29 heavy (non-hydrogen) atoms. The van der Waals surface area contributed by atoms with Crippen molar-refractivity contribution in [3.8, 4) is 6.07 Å². The Labute approximate surface area is 172 Å². The summed E-state index contributed by atoms with van der Waals surface area (Å²) in [5.41, 5.74) is 0.916. The van der Waals surface area contributed by atoms with Crippen molar-refractivity contribution in [2.45, 2.75) is 32.9 Å². The summed E-state index contributed by atoms with van der Waals surface area (Å²) >= 11 is 1.20. The number of amides is 3. The van der Waals surface area contributed by atoms with Gasteiger partial charge in [-0.15, -0.1) is 11.3 Å². The predicted molar refractivity (Wildman–Crippen MR) is 110 cm³/mol. The molecule has 9 heteroatoms. The maximum atomic E-state index is 12.5. The fourth-order valence-corrected chi connectivity index (χ4v) is 3.08. The monoisotopic (exact) mass is 414 g/mol. The number of anilines is 2. The molecule has 0 aliphatic rings. The van der Waals surface area contributed by atoms with Gasteiger partial charge in [0.1, 0.15) is 17.1 Å². The molecule has 0 radical (unpaired) electrons. The summed E-state index contributed by atoms with van der Waals surface area (Å²) in [4.78, 5) is 37.0. The fraction of sp³-hybridized carbons (Fsp3) is 0.300. The number of nitriles is 1. The molecule has 0 saturated carbocycles. The summed E-state index contributed by atoms with van der Waals surface area (Å²) in [5, 5.41) is 18.8. The van der Waals surface area contributed by atoms with Crippen molar-refractivity contribution in [1.29, 1.82) is 5.26 Å². The normalized spacial score (nSPS) is 12.4. The average Bonchev–Trinajstić information content (AvgIpc) is 3.13. The zero-order chi connectivity index (χ0) is 21.4. The van der Waals surface area contributed by atoms with Crippen LogP contribution in [0, 0.1) is 17.2 Å². The van der Waals surface area contributed by atoms with Crippen LogP contribution < -0.4 is 16.0 Å². The van der Waals surface area contributed by atoms with Crippen molar-refractivity contribution in [2.75, 3.05) is 10.6 Å². The van der Waals surface area contributed by atoms with Crippen molar-refractivity contribution in [3.63, 3.8) is 0 Å². The van der Waals surface area contributed by atoms with E-state index in [4.69, 9.17) is 10.00 Å². The number of nitrogens with zero attached hydrogens (tertiary/aromatic N) is 1. The quantitative estimate of drug-likeness (QED) is 0.600. The van der Waals surface area contributed by atoms with Gasteiger partial charge in [0.25, 0.3) is 5.91 Å². The highest BCUT2D eigenvalue weighted by molar-refractivity contribution is 7.14. The van der Waals surface area contributed by atoms with Crippen LogP contribution >= 0.6 is 11.3 Å². The summed E-state index contributed by atoms with van der Waals surface area (Å²) in [5.74, 6) is -1.55. The molecule has 1 heterocycles. The van der Waals surface area contributed by atoms with E-state index in [1.54, 1.807) is 49.6 Å². The molecular weight excluding hydrogens is 392 g/mol. The van der Waals surface area contributed by atoms with Crippen LogP contribution in [0.15, 0.2) is 41.8 Å². The van der Waals surface area contributed by atoms with Crippen molar-refractivity contribution in [3.05, 3.63) is 47.3 Å². The van der Waals surface area contributed by atoms with Gasteiger partial charge in [-0.25, -0.2) is 9.59 Å². The number of hydrogen-bond acceptors (Lipinski definition) is 6. The molecule has 152 valence electrons. The maximum Gasteiger partial charge on any atom is 0.329 e. The third-order valence-corrected chi connectivity index (χ3v) is 4.75. The first kappa shape index (κ1) is 21.9. The minimum absolute atomic E-state index is 0.262. The van der Waals surface area contributed by atoms with Crippen LogP contribution in [0.4, 0.5) is 15.5 Å². The first-order valence-corrected chi connectivity index (χ1v) is 9.81. The summed E-state index contributed by atoms with van der Waals surface area (Å²) < 4.78 is 5.24. The van der Waals surface area contributed by atoms with E-state index in [9.17, 15) is 14.4 Å². The first-order valence-electron chi connectivity index (χ1n) is 8.93. The molecule has 2 atom stereocenters. The van der Waals surface area contributed by atoms with E-state index >= 15 is 0 Å². The number of nitrogens with one attached hydrogen (secondary N) is 3. The summed E-state index contributed by atoms with van der Waals surface area (Å²) in [6, 6.07) is 10.9. The molecule has 0 aliphatic heterocycles. The Balaban J connectivity index is 1.95. The van der Waals surface area contributed by atoms with Gasteiger partial charge in [-0.05, 0) is 36.4 Å². The molecule has 3 N–H and O–H groups in total. The number of esters is 1. The smallest absolute Gasteiger partial charge is 0.329 e. The second-order valence-electron chi connectivity index (χ2n) is 6.53. The van der Waals surface area contributed by atoms with Crippen molar-refractivity contribution < 1.29 is 19.1 Å². The van der Waals surface area contributed by atoms with Crippen LogP contribution in [0.1, 0.15) is 26.3 Å². The number of carbonyl (C=O) groups excluding carboxylic acids is 3. The molecule has 1 aromatic heterocycles. The largest absolute Gasteiger partial charge is 0.451 e. The second-order valence-corrected chi connectivity index (χ2v) is 7.45. The Kier molecular flexibility index (Phi) is 7.74. The van der Waals surface area contributed by atoms with Crippen molar-refractivity contribution in [1.82, 2.24) is 5.32 Å². The van der Waals surface area contributed by atoms with Gasteiger partial charge >= 0.3 is 12.0 Å². The number of para-hydroxylation sites is 1. The number of rotatable bonds is 7. The van der Waals surface area contributed by atoms with Gasteiger partial charge in [0.15, 0.2) is 6.10 Å². The molecule has 1 aromatic carbocycles. The average molecular weight is 414 g/mol. The Morgan fingerprint density at radius 1 is 1.07 bits per heavy atom. The molecular formula is C20H22N4O4S. The highest BCUT2D eigenvalue weighted by Crippen LogP contribution is 2.22. The molecule has 0 bridgehead atoms. The lowest BCUT2D eigenvalue weighted by atomic mass is 10.0. The van der Waals surface area contributed by atoms with Crippen molar-refractivity contribution >= 4 is 39.9 Å². The number of benzene rings is 1. The van der Waals surface area contributed by atoms with Gasteiger partial charge in [-0.2, -0.15) is 5.26 Å². The van der Waals surface area contributed by atoms with Gasteiger partial charge in [-0.1, -0.05) is 32.0 Å². The molecule has 3 amide bonds. The third kappa shape index (κ3) is 6.33. The van der Waals surface area contributed by atoms with Crippen LogP contribution in [0.5, 0.6) is 0 Å². The minimum atomic E-state index is -1.10. The number of ether oxygens (including phenoxy) is 1. The second kappa shape index (κ2) is 10.2. The molecule has 0 spiro atoms. The zero-order valence-electron chi connectivity index (χ0n) is 16.3. The lowest BCUT2D eigenvalue weighted by Crippen LogP contribution is -2.48. The predicted octanol–water partition coefficient (Wildman–Crippen LogP) is 3.34. The van der Waals surface area contributed by atoms with E-state index in [-0.39, 0.29) is 5.92 Å². The van der Waals surface area contributed by atoms with Crippen LogP contribution in [0.2, 0.25) is 0 Å². The summed E-state index contributed by atoms with van der Waals surface area (Å²) in [6.07, 6.45) is -1.10.